The van der Waals surface area contributed by atoms with E-state index in [1.165, 1.54) is 0 Å². The molecular weight excluding hydrogens is 280 g/mol. The molecule has 0 N–H and O–H groups in total. The fourth-order valence-corrected chi connectivity index (χ4v) is 1.96. The van der Waals surface area contributed by atoms with Gasteiger partial charge in [-0.15, -0.1) is 12.3 Å². The SMILES string of the molecule is C#CCC(C)OC(=O)Cc1ccc(Br)cc1C. The van der Waals surface area contributed by atoms with Crippen molar-refractivity contribution < 1.29 is 9.53 Å². The van der Waals surface area contributed by atoms with Gasteiger partial charge in [-0.3, -0.25) is 4.79 Å². The second kappa shape index (κ2) is 6.46. The second-order valence-corrected chi connectivity index (χ2v) is 4.87. The molecule has 2 nitrogen and oxygen atoms in total. The van der Waals surface area contributed by atoms with E-state index in [1.54, 1.807) is 6.92 Å². The molecule has 90 valence electrons. The third-order valence-electron chi connectivity index (χ3n) is 2.38. The van der Waals surface area contributed by atoms with Crippen molar-refractivity contribution in [3.8, 4) is 12.3 Å². The van der Waals surface area contributed by atoms with Crippen LogP contribution in [0.15, 0.2) is 22.7 Å². The number of ether oxygens (including phenoxy) is 1. The first-order chi connectivity index (χ1) is 8.02. The molecule has 1 aromatic carbocycles. The Balaban J connectivity index is 2.60. The van der Waals surface area contributed by atoms with Crippen LogP contribution in [-0.4, -0.2) is 12.1 Å². The summed E-state index contributed by atoms with van der Waals surface area (Å²) in [6.07, 6.45) is 5.67. The predicted molar refractivity (Wildman–Crippen MR) is 71.6 cm³/mol. The molecule has 0 saturated carbocycles. The molecule has 0 aliphatic heterocycles. The summed E-state index contributed by atoms with van der Waals surface area (Å²) < 4.78 is 6.19. The van der Waals surface area contributed by atoms with Gasteiger partial charge in [-0.25, -0.2) is 0 Å². The molecule has 0 aromatic heterocycles. The Morgan fingerprint density at radius 2 is 2.29 bits per heavy atom. The fourth-order valence-electron chi connectivity index (χ4n) is 1.49. The molecule has 0 amide bonds. The van der Waals surface area contributed by atoms with Gasteiger partial charge in [0.05, 0.1) is 6.42 Å². The van der Waals surface area contributed by atoms with E-state index in [9.17, 15) is 4.79 Å². The molecule has 0 saturated heterocycles. The van der Waals surface area contributed by atoms with Crippen molar-refractivity contribution in [3.05, 3.63) is 33.8 Å². The molecule has 1 atom stereocenters. The van der Waals surface area contributed by atoms with E-state index in [0.717, 1.165) is 15.6 Å². The van der Waals surface area contributed by atoms with Gasteiger partial charge in [0, 0.05) is 10.9 Å². The minimum Gasteiger partial charge on any atom is -0.461 e. The Bertz CT molecular complexity index is 446. The summed E-state index contributed by atoms with van der Waals surface area (Å²) in [6.45, 7) is 3.77. The molecule has 0 aliphatic rings. The first-order valence-electron chi connectivity index (χ1n) is 5.41. The van der Waals surface area contributed by atoms with Gasteiger partial charge in [-0.05, 0) is 37.1 Å². The molecule has 17 heavy (non-hydrogen) atoms. The number of aryl methyl sites for hydroxylation is 1. The number of halogens is 1. The summed E-state index contributed by atoms with van der Waals surface area (Å²) in [5.41, 5.74) is 2.05. The molecule has 0 radical (unpaired) electrons. The van der Waals surface area contributed by atoms with Crippen LogP contribution in [0, 0.1) is 19.3 Å². The van der Waals surface area contributed by atoms with Crippen molar-refractivity contribution in [3.63, 3.8) is 0 Å². The largest absolute Gasteiger partial charge is 0.461 e. The van der Waals surface area contributed by atoms with Crippen LogP contribution in [0.5, 0.6) is 0 Å². The van der Waals surface area contributed by atoms with E-state index in [4.69, 9.17) is 11.2 Å². The van der Waals surface area contributed by atoms with Crippen molar-refractivity contribution in [1.82, 2.24) is 0 Å². The average molecular weight is 295 g/mol. The average Bonchev–Trinajstić information content (AvgIpc) is 2.22. The third kappa shape index (κ3) is 4.62. The number of rotatable bonds is 4. The highest BCUT2D eigenvalue weighted by Crippen LogP contribution is 2.16. The summed E-state index contributed by atoms with van der Waals surface area (Å²) in [5, 5.41) is 0. The molecule has 0 fully saturated rings. The number of esters is 1. The Kier molecular flexibility index (Phi) is 5.24. The lowest BCUT2D eigenvalue weighted by Gasteiger charge is -2.11. The summed E-state index contributed by atoms with van der Waals surface area (Å²) in [4.78, 5) is 11.6. The highest BCUT2D eigenvalue weighted by Gasteiger charge is 2.10. The van der Waals surface area contributed by atoms with Crippen LogP contribution in [0.25, 0.3) is 0 Å². The van der Waals surface area contributed by atoms with Crippen molar-refractivity contribution in [2.24, 2.45) is 0 Å². The van der Waals surface area contributed by atoms with E-state index in [0.29, 0.717) is 6.42 Å². The van der Waals surface area contributed by atoms with Gasteiger partial charge in [-0.1, -0.05) is 22.0 Å². The van der Waals surface area contributed by atoms with Crippen molar-refractivity contribution >= 4 is 21.9 Å². The Labute approximate surface area is 110 Å². The van der Waals surface area contributed by atoms with Crippen molar-refractivity contribution in [1.29, 1.82) is 0 Å². The third-order valence-corrected chi connectivity index (χ3v) is 2.87. The van der Waals surface area contributed by atoms with Gasteiger partial charge in [0.2, 0.25) is 0 Å². The minimum absolute atomic E-state index is 0.219. The Morgan fingerprint density at radius 1 is 1.59 bits per heavy atom. The second-order valence-electron chi connectivity index (χ2n) is 3.96. The summed E-state index contributed by atoms with van der Waals surface area (Å²) >= 11 is 3.38. The quantitative estimate of drug-likeness (QED) is 0.629. The molecule has 1 unspecified atom stereocenters. The van der Waals surface area contributed by atoms with Gasteiger partial charge >= 0.3 is 5.97 Å². The van der Waals surface area contributed by atoms with E-state index in [-0.39, 0.29) is 18.5 Å². The molecular formula is C14H15BrO2. The highest BCUT2D eigenvalue weighted by molar-refractivity contribution is 9.10. The zero-order valence-corrected chi connectivity index (χ0v) is 11.6. The van der Waals surface area contributed by atoms with Gasteiger partial charge in [0.25, 0.3) is 0 Å². The standard InChI is InChI=1S/C14H15BrO2/c1-4-5-11(3)17-14(16)9-12-6-7-13(15)8-10(12)2/h1,6-8,11H,5,9H2,2-3H3. The lowest BCUT2D eigenvalue weighted by Crippen LogP contribution is -2.16. The maximum Gasteiger partial charge on any atom is 0.310 e. The van der Waals surface area contributed by atoms with Gasteiger partial charge in [-0.2, -0.15) is 0 Å². The molecule has 3 heteroatoms. The van der Waals surface area contributed by atoms with E-state index >= 15 is 0 Å². The first-order valence-corrected chi connectivity index (χ1v) is 6.20. The van der Waals surface area contributed by atoms with Crippen LogP contribution in [0.1, 0.15) is 24.5 Å². The molecule has 1 rings (SSSR count). The number of carbonyl (C=O) groups excluding carboxylic acids is 1. The lowest BCUT2D eigenvalue weighted by molar-refractivity contribution is -0.147. The maximum absolute atomic E-state index is 11.6. The van der Waals surface area contributed by atoms with E-state index in [2.05, 4.69) is 21.9 Å². The molecule has 0 spiro atoms. The fraction of sp³-hybridized carbons (Fsp3) is 0.357. The number of terminal acetylenes is 1. The normalized spacial score (nSPS) is 11.6. The van der Waals surface area contributed by atoms with Gasteiger partial charge < -0.3 is 4.74 Å². The molecule has 0 aliphatic carbocycles. The zero-order chi connectivity index (χ0) is 12.8. The molecule has 0 bridgehead atoms. The van der Waals surface area contributed by atoms with Crippen molar-refractivity contribution in [2.45, 2.75) is 32.8 Å². The minimum atomic E-state index is -0.238. The van der Waals surface area contributed by atoms with Crippen LogP contribution in [0.4, 0.5) is 0 Å². The van der Waals surface area contributed by atoms with Crippen molar-refractivity contribution in [2.75, 3.05) is 0 Å². The van der Waals surface area contributed by atoms with E-state index in [1.807, 2.05) is 25.1 Å². The Morgan fingerprint density at radius 3 is 2.88 bits per heavy atom. The number of hydrogen-bond donors (Lipinski definition) is 0. The first kappa shape index (κ1) is 13.8. The summed E-state index contributed by atoms with van der Waals surface area (Å²) in [6, 6.07) is 5.82. The topological polar surface area (TPSA) is 26.3 Å². The van der Waals surface area contributed by atoms with Crippen LogP contribution in [-0.2, 0) is 16.0 Å². The number of carbonyl (C=O) groups is 1. The van der Waals surface area contributed by atoms with Crippen LogP contribution >= 0.6 is 15.9 Å². The van der Waals surface area contributed by atoms with Gasteiger partial charge in [0.1, 0.15) is 6.10 Å². The highest BCUT2D eigenvalue weighted by atomic mass is 79.9. The number of benzene rings is 1. The van der Waals surface area contributed by atoms with Crippen LogP contribution in [0.2, 0.25) is 0 Å². The van der Waals surface area contributed by atoms with Gasteiger partial charge in [0.15, 0.2) is 0 Å². The van der Waals surface area contributed by atoms with Crippen LogP contribution < -0.4 is 0 Å². The zero-order valence-electron chi connectivity index (χ0n) is 10.00. The predicted octanol–water partition coefficient (Wildman–Crippen LogP) is 3.26. The monoisotopic (exact) mass is 294 g/mol. The lowest BCUT2D eigenvalue weighted by atomic mass is 10.1. The summed E-state index contributed by atoms with van der Waals surface area (Å²) in [7, 11) is 0. The van der Waals surface area contributed by atoms with Crippen LogP contribution in [0.3, 0.4) is 0 Å². The Hall–Kier alpha value is -1.27. The maximum atomic E-state index is 11.6. The smallest absolute Gasteiger partial charge is 0.310 e. The van der Waals surface area contributed by atoms with E-state index < -0.39 is 0 Å². The number of hydrogen-bond acceptors (Lipinski definition) is 2. The summed E-state index contributed by atoms with van der Waals surface area (Å²) in [5.74, 6) is 2.23. The molecule has 0 heterocycles. The molecule has 1 aromatic rings.